The van der Waals surface area contributed by atoms with Gasteiger partial charge in [-0.25, -0.2) is 9.18 Å². The van der Waals surface area contributed by atoms with Crippen LogP contribution in [0, 0.1) is 15.9 Å². The summed E-state index contributed by atoms with van der Waals surface area (Å²) in [7, 11) is 0. The van der Waals surface area contributed by atoms with Crippen molar-refractivity contribution in [3.63, 3.8) is 0 Å². The molecule has 0 amide bonds. The van der Waals surface area contributed by atoms with Crippen LogP contribution in [-0.2, 0) is 0 Å². The van der Waals surface area contributed by atoms with E-state index in [9.17, 15) is 24.4 Å². The van der Waals surface area contributed by atoms with Gasteiger partial charge in [0.05, 0.1) is 16.2 Å². The van der Waals surface area contributed by atoms with Crippen LogP contribution in [0.15, 0.2) is 42.5 Å². The van der Waals surface area contributed by atoms with Gasteiger partial charge in [0.25, 0.3) is 5.69 Å². The SMILES string of the molecule is O=C(O)c1cc([N+](=O)[O-])ccc1N1CCN(c2ccc(F)cc2)CC1. The normalized spacial score (nSPS) is 14.4. The fourth-order valence-electron chi connectivity index (χ4n) is 2.94. The monoisotopic (exact) mass is 345 g/mol. The Labute approximate surface area is 143 Å². The van der Waals surface area contributed by atoms with Gasteiger partial charge in [-0.2, -0.15) is 0 Å². The first-order chi connectivity index (χ1) is 12.0. The van der Waals surface area contributed by atoms with Crippen molar-refractivity contribution in [1.82, 2.24) is 0 Å². The highest BCUT2D eigenvalue weighted by Gasteiger charge is 2.23. The number of hydrogen-bond acceptors (Lipinski definition) is 5. The molecule has 3 rings (SSSR count). The van der Waals surface area contributed by atoms with Crippen LogP contribution in [0.25, 0.3) is 0 Å². The van der Waals surface area contributed by atoms with Gasteiger partial charge in [-0.3, -0.25) is 10.1 Å². The maximum atomic E-state index is 13.0. The van der Waals surface area contributed by atoms with E-state index in [-0.39, 0.29) is 17.1 Å². The van der Waals surface area contributed by atoms with Crippen LogP contribution in [0.1, 0.15) is 10.4 Å². The van der Waals surface area contributed by atoms with Crippen molar-refractivity contribution in [2.24, 2.45) is 0 Å². The van der Waals surface area contributed by atoms with Gasteiger partial charge >= 0.3 is 5.97 Å². The van der Waals surface area contributed by atoms with Gasteiger partial charge in [-0.15, -0.1) is 0 Å². The molecule has 1 aliphatic heterocycles. The molecule has 2 aromatic rings. The van der Waals surface area contributed by atoms with Crippen molar-refractivity contribution in [2.75, 3.05) is 36.0 Å². The smallest absolute Gasteiger partial charge is 0.338 e. The molecule has 0 bridgehead atoms. The number of non-ortho nitro benzene ring substituents is 1. The summed E-state index contributed by atoms with van der Waals surface area (Å²) in [6.07, 6.45) is 0. The summed E-state index contributed by atoms with van der Waals surface area (Å²) in [6.45, 7) is 2.41. The third kappa shape index (κ3) is 3.52. The van der Waals surface area contributed by atoms with Crippen molar-refractivity contribution in [3.8, 4) is 0 Å². The van der Waals surface area contributed by atoms with Gasteiger partial charge in [0.1, 0.15) is 5.82 Å². The number of anilines is 2. The number of carboxylic acid groups (broad SMARTS) is 1. The predicted octanol–water partition coefficient (Wildman–Crippen LogP) is 2.76. The Kier molecular flexibility index (Phi) is 4.51. The first kappa shape index (κ1) is 16.7. The molecule has 0 saturated carbocycles. The summed E-state index contributed by atoms with van der Waals surface area (Å²) in [5, 5.41) is 20.2. The van der Waals surface area contributed by atoms with E-state index < -0.39 is 10.9 Å². The standard InChI is InChI=1S/C17H16FN3O4/c18-12-1-3-13(4-2-12)19-7-9-20(10-8-19)16-6-5-14(21(24)25)11-15(16)17(22)23/h1-6,11H,7-10H2,(H,22,23). The van der Waals surface area contributed by atoms with E-state index in [4.69, 9.17) is 0 Å². The first-order valence-corrected chi connectivity index (χ1v) is 7.73. The Morgan fingerprint density at radius 2 is 1.64 bits per heavy atom. The number of halogens is 1. The Morgan fingerprint density at radius 1 is 1.04 bits per heavy atom. The number of rotatable bonds is 4. The van der Waals surface area contributed by atoms with E-state index in [0.29, 0.717) is 31.9 Å². The van der Waals surface area contributed by atoms with Gasteiger partial charge in [-0.05, 0) is 30.3 Å². The molecule has 0 radical (unpaired) electrons. The lowest BCUT2D eigenvalue weighted by Gasteiger charge is -2.37. The second-order valence-corrected chi connectivity index (χ2v) is 5.71. The minimum Gasteiger partial charge on any atom is -0.478 e. The highest BCUT2D eigenvalue weighted by Crippen LogP contribution is 2.27. The van der Waals surface area contributed by atoms with Crippen LogP contribution in [-0.4, -0.2) is 42.2 Å². The third-order valence-corrected chi connectivity index (χ3v) is 4.23. The second kappa shape index (κ2) is 6.76. The van der Waals surface area contributed by atoms with E-state index in [0.717, 1.165) is 11.8 Å². The molecule has 0 aliphatic carbocycles. The summed E-state index contributed by atoms with van der Waals surface area (Å²) < 4.78 is 13.0. The molecule has 1 aliphatic rings. The Morgan fingerprint density at radius 3 is 2.20 bits per heavy atom. The van der Waals surface area contributed by atoms with Crippen molar-refractivity contribution in [2.45, 2.75) is 0 Å². The quantitative estimate of drug-likeness (QED) is 0.677. The summed E-state index contributed by atoms with van der Waals surface area (Å²) >= 11 is 0. The zero-order chi connectivity index (χ0) is 18.0. The Balaban J connectivity index is 1.77. The molecule has 1 heterocycles. The molecule has 0 aromatic heterocycles. The zero-order valence-corrected chi connectivity index (χ0v) is 13.3. The number of carboxylic acids is 1. The number of nitro benzene ring substituents is 1. The molecule has 8 heteroatoms. The van der Waals surface area contributed by atoms with E-state index in [1.807, 2.05) is 4.90 Å². The fraction of sp³-hybridized carbons (Fsp3) is 0.235. The molecule has 25 heavy (non-hydrogen) atoms. The Bertz CT molecular complexity index is 802. The van der Waals surface area contributed by atoms with E-state index in [1.165, 1.54) is 24.3 Å². The topological polar surface area (TPSA) is 86.9 Å². The molecule has 7 nitrogen and oxygen atoms in total. The highest BCUT2D eigenvalue weighted by molar-refractivity contribution is 5.95. The molecule has 2 aromatic carbocycles. The van der Waals surface area contributed by atoms with E-state index in [2.05, 4.69) is 4.90 Å². The van der Waals surface area contributed by atoms with E-state index in [1.54, 1.807) is 12.1 Å². The lowest BCUT2D eigenvalue weighted by molar-refractivity contribution is -0.384. The molecular weight excluding hydrogens is 329 g/mol. The highest BCUT2D eigenvalue weighted by atomic mass is 19.1. The van der Waals surface area contributed by atoms with E-state index >= 15 is 0 Å². The number of piperazine rings is 1. The van der Waals surface area contributed by atoms with Crippen LogP contribution in [0.3, 0.4) is 0 Å². The third-order valence-electron chi connectivity index (χ3n) is 4.23. The van der Waals surface area contributed by atoms with Crippen LogP contribution < -0.4 is 9.80 Å². The molecule has 0 spiro atoms. The molecular formula is C17H16FN3O4. The maximum Gasteiger partial charge on any atom is 0.338 e. The number of nitro groups is 1. The summed E-state index contributed by atoms with van der Waals surface area (Å²) in [5.74, 6) is -1.49. The zero-order valence-electron chi connectivity index (χ0n) is 13.3. The van der Waals surface area contributed by atoms with Crippen molar-refractivity contribution in [3.05, 3.63) is 64.0 Å². The largest absolute Gasteiger partial charge is 0.478 e. The number of benzene rings is 2. The molecule has 1 saturated heterocycles. The predicted molar refractivity (Wildman–Crippen MR) is 90.9 cm³/mol. The fourth-order valence-corrected chi connectivity index (χ4v) is 2.94. The molecule has 0 unspecified atom stereocenters. The maximum absolute atomic E-state index is 13.0. The van der Waals surface area contributed by atoms with Crippen molar-refractivity contribution >= 4 is 23.0 Å². The Hall–Kier alpha value is -3.16. The summed E-state index contributed by atoms with van der Waals surface area (Å²) in [4.78, 5) is 25.7. The minimum atomic E-state index is -1.19. The average molecular weight is 345 g/mol. The molecule has 1 N–H and O–H groups in total. The summed E-state index contributed by atoms with van der Waals surface area (Å²) in [5.41, 5.74) is 1.05. The van der Waals surface area contributed by atoms with Crippen molar-refractivity contribution < 1.29 is 19.2 Å². The number of aromatic carboxylic acids is 1. The lowest BCUT2D eigenvalue weighted by atomic mass is 10.1. The first-order valence-electron chi connectivity index (χ1n) is 7.73. The molecule has 1 fully saturated rings. The minimum absolute atomic E-state index is 0.0792. The molecule has 130 valence electrons. The number of nitrogens with zero attached hydrogens (tertiary/aromatic N) is 3. The van der Waals surface area contributed by atoms with Gasteiger partial charge in [0, 0.05) is 44.0 Å². The van der Waals surface area contributed by atoms with Gasteiger partial charge in [0.2, 0.25) is 0 Å². The average Bonchev–Trinajstić information content (AvgIpc) is 2.62. The van der Waals surface area contributed by atoms with Gasteiger partial charge in [0.15, 0.2) is 0 Å². The van der Waals surface area contributed by atoms with Gasteiger partial charge in [-0.1, -0.05) is 0 Å². The lowest BCUT2D eigenvalue weighted by Crippen LogP contribution is -2.47. The van der Waals surface area contributed by atoms with Gasteiger partial charge < -0.3 is 14.9 Å². The second-order valence-electron chi connectivity index (χ2n) is 5.71. The van der Waals surface area contributed by atoms with Crippen LogP contribution >= 0.6 is 0 Å². The number of carbonyl (C=O) groups is 1. The molecule has 0 atom stereocenters. The van der Waals surface area contributed by atoms with Crippen LogP contribution in [0.4, 0.5) is 21.5 Å². The van der Waals surface area contributed by atoms with Crippen LogP contribution in [0.5, 0.6) is 0 Å². The van der Waals surface area contributed by atoms with Crippen molar-refractivity contribution in [1.29, 1.82) is 0 Å². The van der Waals surface area contributed by atoms with Crippen LogP contribution in [0.2, 0.25) is 0 Å². The summed E-state index contributed by atoms with van der Waals surface area (Å²) in [6, 6.07) is 10.1. The number of hydrogen-bond donors (Lipinski definition) is 1.